The minimum atomic E-state index is -0.238. The number of nitrogens with one attached hydrogen (secondary N) is 2. The van der Waals surface area contributed by atoms with Gasteiger partial charge in [0.25, 0.3) is 5.56 Å². The predicted octanol–water partition coefficient (Wildman–Crippen LogP) is 3.54. The van der Waals surface area contributed by atoms with E-state index in [1.54, 1.807) is 18.2 Å². The Morgan fingerprint density at radius 1 is 1.28 bits per heavy atom. The van der Waals surface area contributed by atoms with Crippen LogP contribution >= 0.6 is 0 Å². The molecule has 4 rings (SSSR count). The number of hydrogen-bond donors (Lipinski definition) is 2. The van der Waals surface area contributed by atoms with Crippen LogP contribution in [0.4, 0.5) is 4.39 Å². The number of ether oxygens (including phenoxy) is 1. The molecule has 1 atom stereocenters. The van der Waals surface area contributed by atoms with Gasteiger partial charge in [-0.1, -0.05) is 32.0 Å². The van der Waals surface area contributed by atoms with Crippen molar-refractivity contribution in [1.82, 2.24) is 19.9 Å². The van der Waals surface area contributed by atoms with E-state index in [1.165, 1.54) is 10.6 Å². The number of nitrogens with zero attached hydrogens (tertiary/aromatic N) is 2. The summed E-state index contributed by atoms with van der Waals surface area (Å²) in [6.45, 7) is 5.98. The molecule has 29 heavy (non-hydrogen) atoms. The molecule has 1 saturated heterocycles. The molecule has 1 unspecified atom stereocenters. The van der Waals surface area contributed by atoms with Crippen LogP contribution in [0.3, 0.4) is 0 Å². The molecule has 0 bridgehead atoms. The number of halogens is 1. The highest BCUT2D eigenvalue weighted by molar-refractivity contribution is 5.41. The van der Waals surface area contributed by atoms with Gasteiger partial charge in [0.2, 0.25) is 0 Å². The molecule has 3 aromatic rings. The van der Waals surface area contributed by atoms with E-state index >= 15 is 0 Å². The maximum absolute atomic E-state index is 14.0. The Bertz CT molecular complexity index is 1040. The fourth-order valence-electron chi connectivity index (χ4n) is 3.95. The number of aromatic nitrogens is 3. The molecule has 0 spiro atoms. The minimum absolute atomic E-state index is 0.137. The van der Waals surface area contributed by atoms with Crippen molar-refractivity contribution in [3.05, 3.63) is 69.5 Å². The van der Waals surface area contributed by atoms with E-state index in [0.29, 0.717) is 29.4 Å². The summed E-state index contributed by atoms with van der Waals surface area (Å²) in [5, 5.41) is 6.59. The molecule has 6 nitrogen and oxygen atoms in total. The van der Waals surface area contributed by atoms with Crippen LogP contribution in [0.2, 0.25) is 0 Å². The average Bonchev–Trinajstić information content (AvgIpc) is 3.15. The molecule has 1 fully saturated rings. The van der Waals surface area contributed by atoms with Crippen molar-refractivity contribution in [3.63, 3.8) is 0 Å². The van der Waals surface area contributed by atoms with Crippen LogP contribution in [0.1, 0.15) is 55.6 Å². The van der Waals surface area contributed by atoms with E-state index in [2.05, 4.69) is 24.3 Å². The first kappa shape index (κ1) is 19.8. The quantitative estimate of drug-likeness (QED) is 0.666. The van der Waals surface area contributed by atoms with E-state index in [4.69, 9.17) is 9.72 Å². The van der Waals surface area contributed by atoms with Crippen LogP contribution in [0.15, 0.2) is 41.2 Å². The number of rotatable bonds is 6. The number of hydrogen-bond acceptors (Lipinski definition) is 4. The van der Waals surface area contributed by atoms with E-state index < -0.39 is 0 Å². The van der Waals surface area contributed by atoms with Gasteiger partial charge >= 0.3 is 0 Å². The highest BCUT2D eigenvalue weighted by Crippen LogP contribution is 2.27. The average molecular weight is 398 g/mol. The first-order valence-corrected chi connectivity index (χ1v) is 10.2. The Morgan fingerprint density at radius 3 is 2.76 bits per heavy atom. The van der Waals surface area contributed by atoms with Crippen LogP contribution in [-0.2, 0) is 11.3 Å². The molecule has 2 aromatic heterocycles. The molecule has 0 saturated carbocycles. The van der Waals surface area contributed by atoms with Crippen LogP contribution in [0.5, 0.6) is 0 Å². The smallest absolute Gasteiger partial charge is 0.272 e. The first-order chi connectivity index (χ1) is 14.0. The second-order valence-corrected chi connectivity index (χ2v) is 8.00. The number of benzene rings is 1. The number of aromatic amines is 1. The molecule has 154 valence electrons. The molecule has 0 radical (unpaired) electrons. The Labute approximate surface area is 169 Å². The third-order valence-electron chi connectivity index (χ3n) is 5.61. The van der Waals surface area contributed by atoms with Crippen molar-refractivity contribution in [2.45, 2.75) is 45.2 Å². The van der Waals surface area contributed by atoms with Gasteiger partial charge in [-0.15, -0.1) is 0 Å². The van der Waals surface area contributed by atoms with Gasteiger partial charge in [-0.3, -0.25) is 9.89 Å². The Hall–Kier alpha value is -2.51. The lowest BCUT2D eigenvalue weighted by atomic mass is 9.97. The lowest BCUT2D eigenvalue weighted by Gasteiger charge is -2.22. The van der Waals surface area contributed by atoms with Crippen LogP contribution in [-0.4, -0.2) is 27.8 Å². The zero-order chi connectivity index (χ0) is 20.4. The van der Waals surface area contributed by atoms with E-state index in [0.717, 1.165) is 31.7 Å². The van der Waals surface area contributed by atoms with E-state index in [1.807, 2.05) is 12.1 Å². The fourth-order valence-corrected chi connectivity index (χ4v) is 3.95. The molecule has 3 heterocycles. The van der Waals surface area contributed by atoms with E-state index in [9.17, 15) is 9.18 Å². The lowest BCUT2D eigenvalue weighted by Crippen LogP contribution is -2.29. The SMILES string of the molecule is CC(C)C(NCc1ccccc1F)c1cc(=O)n2[nH]c(C3CCOCC3)cc2n1. The zero-order valence-electron chi connectivity index (χ0n) is 16.8. The van der Waals surface area contributed by atoms with Crippen LogP contribution < -0.4 is 10.9 Å². The summed E-state index contributed by atoms with van der Waals surface area (Å²) in [4.78, 5) is 17.5. The van der Waals surface area contributed by atoms with Crippen molar-refractivity contribution >= 4 is 5.65 Å². The van der Waals surface area contributed by atoms with Crippen LogP contribution in [0, 0.1) is 11.7 Å². The highest BCUT2D eigenvalue weighted by atomic mass is 19.1. The molecule has 7 heteroatoms. The second-order valence-electron chi connectivity index (χ2n) is 8.00. The van der Waals surface area contributed by atoms with Crippen molar-refractivity contribution < 1.29 is 9.13 Å². The summed E-state index contributed by atoms with van der Waals surface area (Å²) < 4.78 is 20.9. The van der Waals surface area contributed by atoms with Gasteiger partial charge in [0.15, 0.2) is 5.65 Å². The van der Waals surface area contributed by atoms with E-state index in [-0.39, 0.29) is 23.3 Å². The molecular weight excluding hydrogens is 371 g/mol. The molecule has 0 amide bonds. The summed E-state index contributed by atoms with van der Waals surface area (Å²) in [5.41, 5.74) is 2.78. The van der Waals surface area contributed by atoms with Gasteiger partial charge in [0.1, 0.15) is 5.82 Å². The molecule has 1 aliphatic heterocycles. The maximum Gasteiger partial charge on any atom is 0.272 e. The largest absolute Gasteiger partial charge is 0.381 e. The number of fused-ring (bicyclic) bond motifs is 1. The molecule has 0 aliphatic carbocycles. The maximum atomic E-state index is 14.0. The van der Waals surface area contributed by atoms with Gasteiger partial charge in [0, 0.05) is 49.1 Å². The summed E-state index contributed by atoms with van der Waals surface area (Å²) in [6, 6.07) is 10.1. The van der Waals surface area contributed by atoms with Gasteiger partial charge in [-0.05, 0) is 24.8 Å². The lowest BCUT2D eigenvalue weighted by molar-refractivity contribution is 0.0844. The minimum Gasteiger partial charge on any atom is -0.381 e. The highest BCUT2D eigenvalue weighted by Gasteiger charge is 2.22. The fraction of sp³-hybridized carbons (Fsp3) is 0.455. The van der Waals surface area contributed by atoms with Crippen LogP contribution in [0.25, 0.3) is 5.65 Å². The standard InChI is InChI=1S/C22H27FN4O2/c1-14(2)22(24-13-16-5-3-4-6-17(16)23)19-12-21(28)27-20(25-19)11-18(26-27)15-7-9-29-10-8-15/h3-6,11-12,14-15,22,24,26H,7-10,13H2,1-2H3. The van der Waals surface area contributed by atoms with Crippen molar-refractivity contribution in [3.8, 4) is 0 Å². The summed E-state index contributed by atoms with van der Waals surface area (Å²) in [6.07, 6.45) is 1.88. The van der Waals surface area contributed by atoms with Gasteiger partial charge in [-0.25, -0.2) is 13.9 Å². The number of H-pyrrole nitrogens is 1. The van der Waals surface area contributed by atoms with Gasteiger partial charge in [0.05, 0.1) is 11.7 Å². The third-order valence-corrected chi connectivity index (χ3v) is 5.61. The Balaban J connectivity index is 1.61. The second kappa shape index (κ2) is 8.47. The summed E-state index contributed by atoms with van der Waals surface area (Å²) >= 11 is 0. The first-order valence-electron chi connectivity index (χ1n) is 10.2. The Kier molecular flexibility index (Phi) is 5.78. The van der Waals surface area contributed by atoms with Gasteiger partial charge < -0.3 is 10.1 Å². The molecular formula is C22H27FN4O2. The topological polar surface area (TPSA) is 71.4 Å². The van der Waals surface area contributed by atoms with Gasteiger partial charge in [-0.2, -0.15) is 0 Å². The third kappa shape index (κ3) is 4.26. The van der Waals surface area contributed by atoms with Crippen molar-refractivity contribution in [2.75, 3.05) is 13.2 Å². The molecule has 1 aliphatic rings. The van der Waals surface area contributed by atoms with Crippen molar-refractivity contribution in [1.29, 1.82) is 0 Å². The molecule has 2 N–H and O–H groups in total. The molecule has 1 aromatic carbocycles. The monoisotopic (exact) mass is 398 g/mol. The summed E-state index contributed by atoms with van der Waals surface area (Å²) in [7, 11) is 0. The van der Waals surface area contributed by atoms with Crippen molar-refractivity contribution in [2.24, 2.45) is 5.92 Å². The predicted molar refractivity (Wildman–Crippen MR) is 109 cm³/mol. The zero-order valence-corrected chi connectivity index (χ0v) is 16.8. The summed E-state index contributed by atoms with van der Waals surface area (Å²) in [5.74, 6) is 0.302. The normalized spacial score (nSPS) is 16.6. The Morgan fingerprint density at radius 2 is 2.03 bits per heavy atom.